The van der Waals surface area contributed by atoms with Crippen LogP contribution in [0.4, 0.5) is 11.4 Å². The molecule has 1 atom stereocenters. The summed E-state index contributed by atoms with van der Waals surface area (Å²) >= 11 is 6.15. The van der Waals surface area contributed by atoms with E-state index >= 15 is 0 Å². The molecule has 1 saturated heterocycles. The van der Waals surface area contributed by atoms with Crippen molar-refractivity contribution in [2.45, 2.75) is 43.9 Å². The van der Waals surface area contributed by atoms with Crippen LogP contribution in [0.25, 0.3) is 0 Å². The molecule has 2 aromatic carbocycles. The first-order chi connectivity index (χ1) is 15.4. The van der Waals surface area contributed by atoms with Crippen LogP contribution in [0.5, 0.6) is 0 Å². The van der Waals surface area contributed by atoms with Gasteiger partial charge in [0.1, 0.15) is 0 Å². The van der Waals surface area contributed by atoms with Crippen LogP contribution < -0.4 is 10.2 Å². The van der Waals surface area contributed by atoms with E-state index in [-0.39, 0.29) is 23.3 Å². The molecular formula is C24H28ClN3O4S. The second kappa shape index (κ2) is 8.42. The lowest BCUT2D eigenvalue weighted by atomic mass is 9.86. The van der Waals surface area contributed by atoms with Gasteiger partial charge in [0.05, 0.1) is 16.2 Å². The van der Waals surface area contributed by atoms with Crippen LogP contribution in [0.15, 0.2) is 41.3 Å². The van der Waals surface area contributed by atoms with E-state index in [9.17, 15) is 18.0 Å². The molecule has 0 spiro atoms. The number of carbonyl (C=O) groups excluding carboxylic acids is 2. The van der Waals surface area contributed by atoms with E-state index in [1.54, 1.807) is 62.2 Å². The van der Waals surface area contributed by atoms with Gasteiger partial charge in [0.2, 0.25) is 21.8 Å². The summed E-state index contributed by atoms with van der Waals surface area (Å²) < 4.78 is 28.3. The SMILES string of the molecule is Cc1c(Cl)cccc1NC(=O)[C@H]1CCCN(S(=O)(=O)c2ccc3c(c2)C(C)(C)C(=O)N3C)C1. The van der Waals surface area contributed by atoms with Gasteiger partial charge in [0.15, 0.2) is 0 Å². The highest BCUT2D eigenvalue weighted by molar-refractivity contribution is 7.89. The maximum absolute atomic E-state index is 13.5. The van der Waals surface area contributed by atoms with Gasteiger partial charge < -0.3 is 10.2 Å². The zero-order valence-electron chi connectivity index (χ0n) is 19.2. The molecule has 0 aromatic heterocycles. The van der Waals surface area contributed by atoms with Crippen LogP contribution in [0.3, 0.4) is 0 Å². The Bertz CT molecular complexity index is 1240. The number of fused-ring (bicyclic) bond motifs is 1. The predicted molar refractivity (Wildman–Crippen MR) is 129 cm³/mol. The van der Waals surface area contributed by atoms with Crippen molar-refractivity contribution in [1.82, 2.24) is 4.31 Å². The molecule has 0 bridgehead atoms. The molecule has 9 heteroatoms. The monoisotopic (exact) mass is 489 g/mol. The average molecular weight is 490 g/mol. The van der Waals surface area contributed by atoms with Crippen molar-refractivity contribution in [1.29, 1.82) is 0 Å². The summed E-state index contributed by atoms with van der Waals surface area (Å²) in [5, 5.41) is 3.46. The van der Waals surface area contributed by atoms with Gasteiger partial charge in [-0.25, -0.2) is 8.42 Å². The number of amides is 2. The third-order valence-electron chi connectivity index (χ3n) is 6.76. The number of halogens is 1. The van der Waals surface area contributed by atoms with E-state index in [1.165, 1.54) is 4.31 Å². The first-order valence-corrected chi connectivity index (χ1v) is 12.7. The minimum absolute atomic E-state index is 0.0712. The number of piperidine rings is 1. The van der Waals surface area contributed by atoms with E-state index in [0.717, 1.165) is 11.3 Å². The number of hydrogen-bond donors (Lipinski definition) is 1. The minimum Gasteiger partial charge on any atom is -0.326 e. The predicted octanol–water partition coefficient (Wildman–Crippen LogP) is 3.94. The lowest BCUT2D eigenvalue weighted by Gasteiger charge is -2.31. The van der Waals surface area contributed by atoms with Crippen molar-refractivity contribution in [2.75, 3.05) is 30.4 Å². The molecule has 0 saturated carbocycles. The molecule has 2 amide bonds. The number of sulfonamides is 1. The lowest BCUT2D eigenvalue weighted by Crippen LogP contribution is -2.43. The molecule has 33 heavy (non-hydrogen) atoms. The number of anilines is 2. The van der Waals surface area contributed by atoms with Crippen LogP contribution in [0.1, 0.15) is 37.8 Å². The third kappa shape index (κ3) is 4.05. The van der Waals surface area contributed by atoms with Crippen LogP contribution in [-0.2, 0) is 25.0 Å². The van der Waals surface area contributed by atoms with E-state index in [1.807, 2.05) is 6.92 Å². The summed E-state index contributed by atoms with van der Waals surface area (Å²) in [6, 6.07) is 10.1. The Morgan fingerprint density at radius 3 is 2.67 bits per heavy atom. The van der Waals surface area contributed by atoms with Gasteiger partial charge >= 0.3 is 0 Å². The number of benzene rings is 2. The van der Waals surface area contributed by atoms with Gasteiger partial charge in [-0.15, -0.1) is 0 Å². The molecular weight excluding hydrogens is 462 g/mol. The highest BCUT2D eigenvalue weighted by Gasteiger charge is 2.43. The fraction of sp³-hybridized carbons (Fsp3) is 0.417. The highest BCUT2D eigenvalue weighted by atomic mass is 35.5. The van der Waals surface area contributed by atoms with Crippen molar-refractivity contribution in [2.24, 2.45) is 5.92 Å². The topological polar surface area (TPSA) is 86.8 Å². The minimum atomic E-state index is -3.82. The Kier molecular flexibility index (Phi) is 6.05. The van der Waals surface area contributed by atoms with E-state index in [2.05, 4.69) is 5.32 Å². The van der Waals surface area contributed by atoms with Gasteiger partial charge in [-0.1, -0.05) is 17.7 Å². The fourth-order valence-corrected chi connectivity index (χ4v) is 6.34. The Hall–Kier alpha value is -2.42. The molecule has 1 fully saturated rings. The standard InChI is InChI=1S/C24H28ClN3O4S/c1-15-19(25)8-5-9-20(15)26-22(29)16-7-6-12-28(14-16)33(31,32)17-10-11-21-18(13-17)24(2,3)23(30)27(21)4/h5,8-11,13,16H,6-7,12,14H2,1-4H3,(H,26,29)/t16-/m0/s1. The normalized spacial score (nSPS) is 20.6. The highest BCUT2D eigenvalue weighted by Crippen LogP contribution is 2.42. The molecule has 7 nitrogen and oxygen atoms in total. The van der Waals surface area contributed by atoms with E-state index in [0.29, 0.717) is 35.7 Å². The number of nitrogens with zero attached hydrogens (tertiary/aromatic N) is 2. The Balaban J connectivity index is 1.56. The molecule has 2 aromatic rings. The van der Waals surface area contributed by atoms with Gasteiger partial charge in [0.25, 0.3) is 0 Å². The molecule has 176 valence electrons. The van der Waals surface area contributed by atoms with Crippen molar-refractivity contribution in [3.63, 3.8) is 0 Å². The summed E-state index contributed by atoms with van der Waals surface area (Å²) in [7, 11) is -2.13. The lowest BCUT2D eigenvalue weighted by molar-refractivity contribution is -0.122. The van der Waals surface area contributed by atoms with Crippen LogP contribution in [-0.4, -0.2) is 44.7 Å². The third-order valence-corrected chi connectivity index (χ3v) is 9.03. The molecule has 0 unspecified atom stereocenters. The molecule has 2 aliphatic rings. The molecule has 0 radical (unpaired) electrons. The smallest absolute Gasteiger partial charge is 0.243 e. The zero-order chi connectivity index (χ0) is 24.1. The van der Waals surface area contributed by atoms with E-state index < -0.39 is 21.4 Å². The second-order valence-corrected chi connectivity index (χ2v) is 11.6. The molecule has 4 rings (SSSR count). The number of nitrogens with one attached hydrogen (secondary N) is 1. The quantitative estimate of drug-likeness (QED) is 0.704. The number of hydrogen-bond acceptors (Lipinski definition) is 4. The van der Waals surface area contributed by atoms with Gasteiger partial charge in [-0.05, 0) is 75.1 Å². The van der Waals surface area contributed by atoms with Crippen molar-refractivity contribution < 1.29 is 18.0 Å². The molecule has 2 aliphatic heterocycles. The van der Waals surface area contributed by atoms with Crippen LogP contribution >= 0.6 is 11.6 Å². The molecule has 2 heterocycles. The van der Waals surface area contributed by atoms with Crippen molar-refractivity contribution in [3.05, 3.63) is 52.5 Å². The summed E-state index contributed by atoms with van der Waals surface area (Å²) in [6.07, 6.45) is 1.19. The van der Waals surface area contributed by atoms with Crippen molar-refractivity contribution >= 4 is 44.8 Å². The maximum Gasteiger partial charge on any atom is 0.243 e. The Morgan fingerprint density at radius 1 is 1.21 bits per heavy atom. The molecule has 1 N–H and O–H groups in total. The largest absolute Gasteiger partial charge is 0.326 e. The van der Waals surface area contributed by atoms with Gasteiger partial charge in [-0.2, -0.15) is 4.31 Å². The number of carbonyl (C=O) groups is 2. The summed E-state index contributed by atoms with van der Waals surface area (Å²) in [4.78, 5) is 27.2. The fourth-order valence-electron chi connectivity index (χ4n) is 4.61. The van der Waals surface area contributed by atoms with Gasteiger partial charge in [-0.3, -0.25) is 9.59 Å². The first kappa shape index (κ1) is 23.7. The van der Waals surface area contributed by atoms with Crippen molar-refractivity contribution in [3.8, 4) is 0 Å². The average Bonchev–Trinajstić information content (AvgIpc) is 2.96. The second-order valence-electron chi connectivity index (χ2n) is 9.27. The number of rotatable bonds is 4. The Labute approximate surface area is 199 Å². The maximum atomic E-state index is 13.5. The Morgan fingerprint density at radius 2 is 1.94 bits per heavy atom. The van der Waals surface area contributed by atoms with Crippen LogP contribution in [0, 0.1) is 12.8 Å². The number of likely N-dealkylation sites (N-methyl/N-ethyl adjacent to an activating group) is 1. The molecule has 0 aliphatic carbocycles. The van der Waals surface area contributed by atoms with Crippen LogP contribution in [0.2, 0.25) is 5.02 Å². The van der Waals surface area contributed by atoms with E-state index in [4.69, 9.17) is 11.6 Å². The summed E-state index contributed by atoms with van der Waals surface area (Å²) in [5.41, 5.74) is 2.01. The summed E-state index contributed by atoms with van der Waals surface area (Å²) in [6.45, 7) is 5.88. The first-order valence-electron chi connectivity index (χ1n) is 10.9. The zero-order valence-corrected chi connectivity index (χ0v) is 20.8. The van der Waals surface area contributed by atoms with Gasteiger partial charge in [0, 0.05) is 36.5 Å². The summed E-state index contributed by atoms with van der Waals surface area (Å²) in [5.74, 6) is -0.758.